The molecule has 0 bridgehead atoms. The van der Waals surface area contributed by atoms with E-state index in [9.17, 15) is 26.4 Å². The summed E-state index contributed by atoms with van der Waals surface area (Å²) in [4.78, 5) is 14.5. The SMILES string of the molecule is C[As]C(CC(C)C)C(=O)N1CCC(N(C2CC2)S(=O)(=O)c2cccc(C(F)(F)F)c2)CC1. The first-order chi connectivity index (χ1) is 14.9. The standard InChI is InChI=1S/C22H31AsF3N2O3S/c1-15(2)13-20(23-3)21(29)27-11-9-18(10-12-27)28(17-7-8-17)32(30,31)19-6-4-5-16(14-19)22(24,25)26/h4-6,14-15,17-18,20H,7-13H2,1-3H3. The summed E-state index contributed by atoms with van der Waals surface area (Å²) >= 11 is -0.0872. The van der Waals surface area contributed by atoms with Gasteiger partial charge in [-0.25, -0.2) is 0 Å². The molecule has 1 amide bonds. The van der Waals surface area contributed by atoms with Crippen LogP contribution in [-0.2, 0) is 21.0 Å². The minimum absolute atomic E-state index is 0.0659. The van der Waals surface area contributed by atoms with Gasteiger partial charge in [-0.3, -0.25) is 0 Å². The summed E-state index contributed by atoms with van der Waals surface area (Å²) in [6, 6.07) is 3.52. The fraction of sp³-hybridized carbons (Fsp3) is 0.682. The van der Waals surface area contributed by atoms with Crippen molar-refractivity contribution < 1.29 is 26.4 Å². The first kappa shape index (κ1) is 25.6. The molecule has 0 aromatic heterocycles. The van der Waals surface area contributed by atoms with E-state index in [1.807, 2.05) is 4.90 Å². The summed E-state index contributed by atoms with van der Waals surface area (Å²) < 4.78 is 67.6. The number of amides is 1. The molecule has 1 atom stereocenters. The summed E-state index contributed by atoms with van der Waals surface area (Å²) in [5, 5.41) is 0. The Morgan fingerprint density at radius 3 is 2.25 bits per heavy atom. The van der Waals surface area contributed by atoms with E-state index < -0.39 is 21.8 Å². The molecule has 2 fully saturated rings. The van der Waals surface area contributed by atoms with E-state index in [-0.39, 0.29) is 43.3 Å². The van der Waals surface area contributed by atoms with Crippen LogP contribution in [0.5, 0.6) is 0 Å². The van der Waals surface area contributed by atoms with Crippen LogP contribution in [0.1, 0.15) is 51.5 Å². The predicted octanol–water partition coefficient (Wildman–Crippen LogP) is 4.44. The third-order valence-corrected chi connectivity index (χ3v) is 10.3. The molecule has 10 heteroatoms. The van der Waals surface area contributed by atoms with Gasteiger partial charge in [-0.15, -0.1) is 0 Å². The molecule has 5 nitrogen and oxygen atoms in total. The van der Waals surface area contributed by atoms with Gasteiger partial charge in [0.25, 0.3) is 0 Å². The zero-order valence-electron chi connectivity index (χ0n) is 18.7. The number of hydrogen-bond acceptors (Lipinski definition) is 3. The van der Waals surface area contributed by atoms with E-state index in [4.69, 9.17) is 0 Å². The molecule has 32 heavy (non-hydrogen) atoms. The molecule has 1 aliphatic carbocycles. The van der Waals surface area contributed by atoms with Crippen LogP contribution in [-0.4, -0.2) is 64.5 Å². The summed E-state index contributed by atoms with van der Waals surface area (Å²) in [5.74, 6) is 0.609. The van der Waals surface area contributed by atoms with Crippen LogP contribution in [0.4, 0.5) is 13.2 Å². The van der Waals surface area contributed by atoms with Gasteiger partial charge in [0, 0.05) is 0 Å². The van der Waals surface area contributed by atoms with Crippen LogP contribution in [0.2, 0.25) is 10.4 Å². The molecule has 1 radical (unpaired) electrons. The Labute approximate surface area is 195 Å². The summed E-state index contributed by atoms with van der Waals surface area (Å²) in [6.07, 6.45) is -1.28. The van der Waals surface area contributed by atoms with E-state index in [0.717, 1.165) is 24.6 Å². The molecule has 1 aliphatic heterocycles. The third-order valence-electron chi connectivity index (χ3n) is 6.07. The number of hydrogen-bond donors (Lipinski definition) is 0. The van der Waals surface area contributed by atoms with Crippen molar-refractivity contribution in [1.29, 1.82) is 0 Å². The van der Waals surface area contributed by atoms with E-state index in [1.54, 1.807) is 0 Å². The van der Waals surface area contributed by atoms with Crippen LogP contribution in [0.25, 0.3) is 0 Å². The third kappa shape index (κ3) is 5.89. The average Bonchev–Trinajstić information content (AvgIpc) is 3.56. The number of benzene rings is 1. The summed E-state index contributed by atoms with van der Waals surface area (Å²) in [5.41, 5.74) is 1.14. The quantitative estimate of drug-likeness (QED) is 0.463. The number of rotatable bonds is 8. The zero-order valence-corrected chi connectivity index (χ0v) is 21.4. The van der Waals surface area contributed by atoms with Crippen molar-refractivity contribution in [2.24, 2.45) is 5.92 Å². The Hall–Kier alpha value is -1.05. The van der Waals surface area contributed by atoms with Gasteiger partial charge in [-0.2, -0.15) is 13.2 Å². The van der Waals surface area contributed by atoms with Crippen molar-refractivity contribution in [3.8, 4) is 0 Å². The molecule has 1 unspecified atom stereocenters. The van der Waals surface area contributed by atoms with E-state index in [0.29, 0.717) is 44.7 Å². The van der Waals surface area contributed by atoms with E-state index in [1.165, 1.54) is 10.4 Å². The van der Waals surface area contributed by atoms with Gasteiger partial charge in [-0.1, -0.05) is 0 Å². The fourth-order valence-corrected chi connectivity index (χ4v) is 8.40. The van der Waals surface area contributed by atoms with Crippen molar-refractivity contribution in [3.63, 3.8) is 0 Å². The Morgan fingerprint density at radius 1 is 1.16 bits per heavy atom. The van der Waals surface area contributed by atoms with Gasteiger partial charge in [0.05, 0.1) is 0 Å². The predicted molar refractivity (Wildman–Crippen MR) is 118 cm³/mol. The number of carbonyl (C=O) groups excluding carboxylic acids is 1. The van der Waals surface area contributed by atoms with Crippen molar-refractivity contribution >= 4 is 31.7 Å². The molecule has 1 aromatic rings. The maximum atomic E-state index is 13.4. The second-order valence-electron chi connectivity index (χ2n) is 9.05. The van der Waals surface area contributed by atoms with E-state index in [2.05, 4.69) is 19.6 Å². The Balaban J connectivity index is 1.75. The second-order valence-corrected chi connectivity index (χ2v) is 13.3. The second kappa shape index (κ2) is 10.1. The molecular weight excluding hydrogens is 504 g/mol. The normalized spacial score (nSPS) is 19.9. The van der Waals surface area contributed by atoms with Crippen LogP contribution < -0.4 is 0 Å². The molecular formula is C22H31AsF3N2O3S. The topological polar surface area (TPSA) is 57.7 Å². The monoisotopic (exact) mass is 535 g/mol. The van der Waals surface area contributed by atoms with Crippen molar-refractivity contribution in [2.45, 2.75) is 79.5 Å². The van der Waals surface area contributed by atoms with Crippen LogP contribution in [0, 0.1) is 5.92 Å². The summed E-state index contributed by atoms with van der Waals surface area (Å²) in [7, 11) is -4.06. The van der Waals surface area contributed by atoms with Gasteiger partial charge in [0.1, 0.15) is 0 Å². The Morgan fingerprint density at radius 2 is 1.75 bits per heavy atom. The Kier molecular flexibility index (Phi) is 8.04. The van der Waals surface area contributed by atoms with Gasteiger partial charge < -0.3 is 0 Å². The molecule has 0 N–H and O–H groups in total. The molecule has 0 spiro atoms. The van der Waals surface area contributed by atoms with Crippen LogP contribution >= 0.6 is 0 Å². The average molecular weight is 535 g/mol. The number of alkyl halides is 3. The number of likely N-dealkylation sites (tertiary alicyclic amines) is 1. The number of nitrogens with zero attached hydrogens (tertiary/aromatic N) is 2. The fourth-order valence-electron chi connectivity index (χ4n) is 4.29. The zero-order chi connectivity index (χ0) is 23.7. The van der Waals surface area contributed by atoms with Crippen molar-refractivity contribution in [1.82, 2.24) is 9.21 Å². The maximum absolute atomic E-state index is 13.4. The number of sulfonamides is 1. The molecule has 3 rings (SSSR count). The first-order valence-corrected chi connectivity index (χ1v) is 15.4. The summed E-state index contributed by atoms with van der Waals surface area (Å²) in [6.45, 7) is 5.19. The molecule has 1 aromatic carbocycles. The van der Waals surface area contributed by atoms with Gasteiger partial charge in [0.15, 0.2) is 0 Å². The molecule has 1 heterocycles. The van der Waals surface area contributed by atoms with Gasteiger partial charge in [-0.05, 0) is 0 Å². The molecule has 2 aliphatic rings. The van der Waals surface area contributed by atoms with Crippen molar-refractivity contribution in [3.05, 3.63) is 29.8 Å². The minimum atomic E-state index is -4.60. The Bertz CT molecular complexity index is 911. The van der Waals surface area contributed by atoms with Gasteiger partial charge >= 0.3 is 182 Å². The number of halogens is 3. The van der Waals surface area contributed by atoms with Gasteiger partial charge in [0.2, 0.25) is 0 Å². The molecule has 1 saturated heterocycles. The number of carbonyl (C=O) groups is 1. The van der Waals surface area contributed by atoms with Crippen molar-refractivity contribution in [2.75, 3.05) is 13.1 Å². The van der Waals surface area contributed by atoms with Crippen LogP contribution in [0.15, 0.2) is 29.2 Å². The van der Waals surface area contributed by atoms with Crippen LogP contribution in [0.3, 0.4) is 0 Å². The first-order valence-electron chi connectivity index (χ1n) is 11.0. The molecule has 1 saturated carbocycles. The number of piperidine rings is 1. The molecule has 179 valence electrons. The van der Waals surface area contributed by atoms with E-state index >= 15 is 0 Å².